The Morgan fingerprint density at radius 3 is 2.37 bits per heavy atom. The second-order valence-electron chi connectivity index (χ2n) is 6.14. The first-order valence-electron chi connectivity index (χ1n) is 9.03. The summed E-state index contributed by atoms with van der Waals surface area (Å²) in [5.74, 6) is 0.384. The lowest BCUT2D eigenvalue weighted by Crippen LogP contribution is -2.17. The van der Waals surface area contributed by atoms with Crippen molar-refractivity contribution in [2.45, 2.75) is 24.6 Å². The molecule has 0 aliphatic rings. The number of alkyl halides is 3. The average Bonchev–Trinajstić information content (AvgIpc) is 2.70. The Kier molecular flexibility index (Phi) is 6.94. The molecule has 0 aliphatic carbocycles. The van der Waals surface area contributed by atoms with E-state index in [2.05, 4.69) is 26.9 Å². The van der Waals surface area contributed by atoms with Gasteiger partial charge in [0.25, 0.3) is 0 Å². The van der Waals surface area contributed by atoms with Gasteiger partial charge in [-0.3, -0.25) is 4.79 Å². The number of nitrogens with one attached hydrogen (secondary N) is 1. The van der Waals surface area contributed by atoms with E-state index in [9.17, 15) is 18.0 Å². The minimum absolute atomic E-state index is 0.0526. The van der Waals surface area contributed by atoms with Crippen molar-refractivity contribution in [3.05, 3.63) is 66.5 Å². The van der Waals surface area contributed by atoms with E-state index < -0.39 is 12.1 Å². The summed E-state index contributed by atoms with van der Waals surface area (Å²) in [4.78, 5) is 21.5. The molecule has 2 aromatic carbocycles. The summed E-state index contributed by atoms with van der Waals surface area (Å²) in [5.41, 5.74) is 1.30. The number of aromatic nitrogens is 2. The van der Waals surface area contributed by atoms with Crippen molar-refractivity contribution >= 4 is 23.4 Å². The molecule has 5 nitrogen and oxygen atoms in total. The number of thioether (sulfide) groups is 1. The highest BCUT2D eigenvalue weighted by Gasteiger charge is 2.32. The fourth-order valence-electron chi connectivity index (χ4n) is 2.66. The van der Waals surface area contributed by atoms with Gasteiger partial charge in [0.2, 0.25) is 5.91 Å². The van der Waals surface area contributed by atoms with Crippen molar-refractivity contribution in [2.24, 2.45) is 0 Å². The van der Waals surface area contributed by atoms with Crippen LogP contribution in [0, 0.1) is 0 Å². The summed E-state index contributed by atoms with van der Waals surface area (Å²) in [5, 5.41) is 2.68. The molecule has 1 N–H and O–H groups in total. The molecule has 9 heteroatoms. The minimum atomic E-state index is -4.82. The highest BCUT2D eigenvalue weighted by molar-refractivity contribution is 7.99. The van der Waals surface area contributed by atoms with E-state index in [1.165, 1.54) is 30.6 Å². The van der Waals surface area contributed by atoms with Gasteiger partial charge in [-0.1, -0.05) is 31.2 Å². The Morgan fingerprint density at radius 1 is 1.07 bits per heavy atom. The van der Waals surface area contributed by atoms with E-state index in [-0.39, 0.29) is 23.7 Å². The molecule has 3 aromatic rings. The molecule has 1 amide bonds. The summed E-state index contributed by atoms with van der Waals surface area (Å²) in [7, 11) is 0. The lowest BCUT2D eigenvalue weighted by Gasteiger charge is -2.12. The van der Waals surface area contributed by atoms with Crippen molar-refractivity contribution < 1.29 is 22.7 Å². The fraction of sp³-hybridized carbons (Fsp3) is 0.190. The van der Waals surface area contributed by atoms with Gasteiger partial charge < -0.3 is 10.1 Å². The maximum absolute atomic E-state index is 12.6. The number of carbonyl (C=O) groups excluding carboxylic acids is 1. The average molecular weight is 433 g/mol. The normalized spacial score (nSPS) is 11.2. The summed E-state index contributed by atoms with van der Waals surface area (Å²) in [6, 6.07) is 13.3. The number of ether oxygens (including phenoxy) is 1. The van der Waals surface area contributed by atoms with E-state index in [0.717, 1.165) is 16.2 Å². The number of hydrogen-bond acceptors (Lipinski definition) is 5. The third-order valence-electron chi connectivity index (χ3n) is 3.89. The van der Waals surface area contributed by atoms with Crippen LogP contribution in [0.5, 0.6) is 5.75 Å². The molecule has 0 fully saturated rings. The second kappa shape index (κ2) is 9.62. The van der Waals surface area contributed by atoms with Crippen LogP contribution in [0.3, 0.4) is 0 Å². The number of carbonyl (C=O) groups is 1. The number of nitrogens with zero attached hydrogens (tertiary/aromatic N) is 2. The quantitative estimate of drug-likeness (QED) is 0.510. The Morgan fingerprint density at radius 2 is 1.73 bits per heavy atom. The van der Waals surface area contributed by atoms with Crippen LogP contribution in [0.4, 0.5) is 18.9 Å². The fourth-order valence-corrected chi connectivity index (χ4v) is 3.32. The van der Waals surface area contributed by atoms with Gasteiger partial charge in [0.1, 0.15) is 5.75 Å². The largest absolute Gasteiger partial charge is 0.573 e. The zero-order chi connectivity index (χ0) is 21.6. The molecule has 0 aliphatic heterocycles. The summed E-state index contributed by atoms with van der Waals surface area (Å²) in [6.07, 6.45) is -1.96. The molecule has 0 atom stereocenters. The molecule has 156 valence electrons. The number of amides is 1. The van der Waals surface area contributed by atoms with Crippen molar-refractivity contribution in [1.82, 2.24) is 9.97 Å². The molecule has 0 saturated carbocycles. The molecule has 30 heavy (non-hydrogen) atoms. The molecule has 1 aromatic heterocycles. The van der Waals surface area contributed by atoms with Gasteiger partial charge in [-0.25, -0.2) is 9.97 Å². The Hall–Kier alpha value is -3.07. The maximum atomic E-state index is 12.6. The van der Waals surface area contributed by atoms with Crippen LogP contribution in [-0.4, -0.2) is 28.0 Å². The molecule has 0 spiro atoms. The van der Waals surface area contributed by atoms with Crippen molar-refractivity contribution in [1.29, 1.82) is 0 Å². The van der Waals surface area contributed by atoms with Crippen molar-refractivity contribution in [3.63, 3.8) is 0 Å². The molecule has 3 rings (SSSR count). The number of hydrogen-bond donors (Lipinski definition) is 1. The minimum Gasteiger partial charge on any atom is -0.405 e. The smallest absolute Gasteiger partial charge is 0.405 e. The van der Waals surface area contributed by atoms with Gasteiger partial charge in [0.05, 0.1) is 30.1 Å². The van der Waals surface area contributed by atoms with Crippen molar-refractivity contribution in [2.75, 3.05) is 11.1 Å². The lowest BCUT2D eigenvalue weighted by molar-refractivity contribution is -0.274. The molecule has 0 radical (unpaired) electrons. The highest BCUT2D eigenvalue weighted by atomic mass is 32.2. The van der Waals surface area contributed by atoms with Crippen molar-refractivity contribution in [3.8, 4) is 17.1 Å². The van der Waals surface area contributed by atoms with Crippen LogP contribution in [0.25, 0.3) is 11.4 Å². The second-order valence-corrected chi connectivity index (χ2v) is 7.48. The Balaban J connectivity index is 1.65. The standard InChI is InChI=1S/C21H18F3N3O2S/c1-2-30-16-9-7-14(8-10-16)11-19(28)27-15-12-25-20(26-13-15)17-5-3-4-6-18(17)29-21(22,23)24/h3-10,12-13H,2,11H2,1H3,(H,27,28). The Labute approximate surface area is 175 Å². The first kappa shape index (κ1) is 21.6. The third kappa shape index (κ3) is 6.21. The van der Waals surface area contributed by atoms with Gasteiger partial charge >= 0.3 is 6.36 Å². The summed E-state index contributed by atoms with van der Waals surface area (Å²) in [6.45, 7) is 2.07. The zero-order valence-corrected chi connectivity index (χ0v) is 16.8. The molecular weight excluding hydrogens is 415 g/mol. The molecule has 0 saturated heterocycles. The van der Waals surface area contributed by atoms with Crippen LogP contribution in [-0.2, 0) is 11.2 Å². The van der Waals surface area contributed by atoms with E-state index in [0.29, 0.717) is 5.69 Å². The van der Waals surface area contributed by atoms with E-state index in [1.54, 1.807) is 17.8 Å². The van der Waals surface area contributed by atoms with Crippen LogP contribution >= 0.6 is 11.8 Å². The summed E-state index contributed by atoms with van der Waals surface area (Å²) < 4.78 is 41.7. The maximum Gasteiger partial charge on any atom is 0.573 e. The molecular formula is C21H18F3N3O2S. The van der Waals surface area contributed by atoms with E-state index in [4.69, 9.17) is 0 Å². The highest BCUT2D eigenvalue weighted by Crippen LogP contribution is 2.31. The predicted octanol–water partition coefficient (Wildman–Crippen LogP) is 5.34. The number of anilines is 1. The van der Waals surface area contributed by atoms with E-state index >= 15 is 0 Å². The van der Waals surface area contributed by atoms with Gasteiger partial charge in [0.15, 0.2) is 5.82 Å². The van der Waals surface area contributed by atoms with Gasteiger partial charge in [-0.05, 0) is 35.6 Å². The Bertz CT molecular complexity index is 994. The number of para-hydroxylation sites is 1. The van der Waals surface area contributed by atoms with Gasteiger partial charge in [-0.15, -0.1) is 24.9 Å². The number of rotatable bonds is 7. The number of halogens is 3. The van der Waals surface area contributed by atoms with Gasteiger partial charge in [0, 0.05) is 4.90 Å². The first-order valence-corrected chi connectivity index (χ1v) is 10.0. The zero-order valence-electron chi connectivity index (χ0n) is 15.9. The predicted molar refractivity (Wildman–Crippen MR) is 109 cm³/mol. The monoisotopic (exact) mass is 433 g/mol. The molecule has 1 heterocycles. The topological polar surface area (TPSA) is 64.1 Å². The first-order chi connectivity index (χ1) is 14.3. The van der Waals surface area contributed by atoms with Crippen LogP contribution in [0.1, 0.15) is 12.5 Å². The SMILES string of the molecule is CCSc1ccc(CC(=O)Nc2cnc(-c3ccccc3OC(F)(F)F)nc2)cc1. The lowest BCUT2D eigenvalue weighted by atomic mass is 10.1. The molecule has 0 bridgehead atoms. The van der Waals surface area contributed by atoms with Crippen LogP contribution in [0.15, 0.2) is 65.8 Å². The third-order valence-corrected chi connectivity index (χ3v) is 4.78. The van der Waals surface area contributed by atoms with Crippen LogP contribution in [0.2, 0.25) is 0 Å². The number of benzene rings is 2. The van der Waals surface area contributed by atoms with Crippen LogP contribution < -0.4 is 10.1 Å². The van der Waals surface area contributed by atoms with Gasteiger partial charge in [-0.2, -0.15) is 0 Å². The van der Waals surface area contributed by atoms with E-state index in [1.807, 2.05) is 24.3 Å². The molecule has 0 unspecified atom stereocenters. The summed E-state index contributed by atoms with van der Waals surface area (Å²) >= 11 is 1.72.